The lowest BCUT2D eigenvalue weighted by molar-refractivity contribution is -0.119. The van der Waals surface area contributed by atoms with Gasteiger partial charge in [0.15, 0.2) is 6.61 Å². The minimum atomic E-state index is -0.496. The van der Waals surface area contributed by atoms with Crippen LogP contribution in [0, 0.1) is 5.82 Å². The number of hydrogen-bond acceptors (Lipinski definition) is 3. The zero-order chi connectivity index (χ0) is 16.9. The SMILES string of the molecule is NC(=O)COc1cccc(CN[C@H]2CCCc3cc(F)ccc32)c1. The highest BCUT2D eigenvalue weighted by Crippen LogP contribution is 2.30. The average Bonchev–Trinajstić information content (AvgIpc) is 2.58. The van der Waals surface area contributed by atoms with Gasteiger partial charge in [0.2, 0.25) is 0 Å². The van der Waals surface area contributed by atoms with Gasteiger partial charge in [0, 0.05) is 12.6 Å². The van der Waals surface area contributed by atoms with E-state index < -0.39 is 5.91 Å². The molecule has 0 fully saturated rings. The van der Waals surface area contributed by atoms with Gasteiger partial charge in [-0.3, -0.25) is 4.79 Å². The standard InChI is InChI=1S/C19H21FN2O2/c20-15-7-8-17-14(10-15)4-2-6-18(17)22-11-13-3-1-5-16(9-13)24-12-19(21)23/h1,3,5,7-10,18,22H,2,4,6,11-12H2,(H2,21,23)/t18-/m0/s1. The molecule has 2 aromatic rings. The Morgan fingerprint density at radius 2 is 2.17 bits per heavy atom. The van der Waals surface area contributed by atoms with Crippen LogP contribution in [0.1, 0.15) is 35.6 Å². The smallest absolute Gasteiger partial charge is 0.255 e. The summed E-state index contributed by atoms with van der Waals surface area (Å²) >= 11 is 0. The molecule has 0 bridgehead atoms. The summed E-state index contributed by atoms with van der Waals surface area (Å²) in [5.74, 6) is -0.0440. The van der Waals surface area contributed by atoms with Crippen molar-refractivity contribution in [2.24, 2.45) is 5.73 Å². The van der Waals surface area contributed by atoms with Gasteiger partial charge in [-0.05, 0) is 60.2 Å². The quantitative estimate of drug-likeness (QED) is 0.857. The molecule has 5 heteroatoms. The molecule has 3 rings (SSSR count). The largest absolute Gasteiger partial charge is 0.484 e. The van der Waals surface area contributed by atoms with Gasteiger partial charge in [-0.25, -0.2) is 4.39 Å². The van der Waals surface area contributed by atoms with E-state index in [2.05, 4.69) is 5.32 Å². The van der Waals surface area contributed by atoms with Crippen molar-refractivity contribution in [2.45, 2.75) is 31.8 Å². The summed E-state index contributed by atoms with van der Waals surface area (Å²) in [4.78, 5) is 10.8. The fourth-order valence-corrected chi connectivity index (χ4v) is 3.14. The molecule has 0 radical (unpaired) electrons. The molecule has 1 aliphatic rings. The third kappa shape index (κ3) is 4.11. The van der Waals surface area contributed by atoms with Crippen molar-refractivity contribution >= 4 is 5.91 Å². The molecule has 126 valence electrons. The van der Waals surface area contributed by atoms with E-state index in [1.807, 2.05) is 24.3 Å². The first-order valence-corrected chi connectivity index (χ1v) is 8.13. The van der Waals surface area contributed by atoms with Crippen LogP contribution < -0.4 is 15.8 Å². The summed E-state index contributed by atoms with van der Waals surface area (Å²) in [5, 5.41) is 3.54. The summed E-state index contributed by atoms with van der Waals surface area (Å²) in [6.07, 6.45) is 3.02. The molecule has 0 saturated heterocycles. The van der Waals surface area contributed by atoms with Gasteiger partial charge in [-0.1, -0.05) is 18.2 Å². The van der Waals surface area contributed by atoms with E-state index in [9.17, 15) is 9.18 Å². The van der Waals surface area contributed by atoms with Gasteiger partial charge in [0.25, 0.3) is 5.91 Å². The van der Waals surface area contributed by atoms with Gasteiger partial charge in [-0.15, -0.1) is 0 Å². The van der Waals surface area contributed by atoms with Gasteiger partial charge >= 0.3 is 0 Å². The molecule has 0 aliphatic heterocycles. The van der Waals surface area contributed by atoms with Crippen molar-refractivity contribution in [1.82, 2.24) is 5.32 Å². The van der Waals surface area contributed by atoms with E-state index in [-0.39, 0.29) is 18.5 Å². The van der Waals surface area contributed by atoms with E-state index in [1.165, 1.54) is 11.6 Å². The maximum absolute atomic E-state index is 13.4. The monoisotopic (exact) mass is 328 g/mol. The number of nitrogens with one attached hydrogen (secondary N) is 1. The average molecular weight is 328 g/mol. The second-order valence-corrected chi connectivity index (χ2v) is 6.07. The first-order chi connectivity index (χ1) is 11.6. The van der Waals surface area contributed by atoms with Crippen LogP contribution in [0.5, 0.6) is 5.75 Å². The highest BCUT2D eigenvalue weighted by Gasteiger charge is 2.20. The van der Waals surface area contributed by atoms with E-state index in [1.54, 1.807) is 12.1 Å². The van der Waals surface area contributed by atoms with Gasteiger partial charge in [0.05, 0.1) is 0 Å². The fraction of sp³-hybridized carbons (Fsp3) is 0.316. The number of rotatable bonds is 6. The van der Waals surface area contributed by atoms with Crippen molar-refractivity contribution < 1.29 is 13.9 Å². The zero-order valence-electron chi connectivity index (χ0n) is 13.4. The molecule has 3 N–H and O–H groups in total. The molecule has 0 spiro atoms. The molecule has 24 heavy (non-hydrogen) atoms. The number of ether oxygens (including phenoxy) is 1. The third-order valence-corrected chi connectivity index (χ3v) is 4.25. The number of hydrogen-bond donors (Lipinski definition) is 2. The van der Waals surface area contributed by atoms with Gasteiger partial charge < -0.3 is 15.8 Å². The lowest BCUT2D eigenvalue weighted by Crippen LogP contribution is -2.25. The summed E-state index contributed by atoms with van der Waals surface area (Å²) < 4.78 is 18.7. The van der Waals surface area contributed by atoms with E-state index >= 15 is 0 Å². The van der Waals surface area contributed by atoms with Crippen LogP contribution in [0.2, 0.25) is 0 Å². The number of aryl methyl sites for hydroxylation is 1. The highest BCUT2D eigenvalue weighted by molar-refractivity contribution is 5.75. The number of primary amides is 1. The Morgan fingerprint density at radius 3 is 3.00 bits per heavy atom. The van der Waals surface area contributed by atoms with Crippen molar-refractivity contribution in [3.8, 4) is 5.75 Å². The molecule has 1 atom stereocenters. The molecule has 1 amide bonds. The summed E-state index contributed by atoms with van der Waals surface area (Å²) in [6.45, 7) is 0.549. The minimum absolute atomic E-state index is 0.127. The van der Waals surface area contributed by atoms with Crippen molar-refractivity contribution in [3.05, 3.63) is 65.0 Å². The Kier molecular flexibility index (Phi) is 5.11. The first kappa shape index (κ1) is 16.5. The highest BCUT2D eigenvalue weighted by atomic mass is 19.1. The Hall–Kier alpha value is -2.40. The zero-order valence-corrected chi connectivity index (χ0v) is 13.4. The van der Waals surface area contributed by atoms with Crippen molar-refractivity contribution in [1.29, 1.82) is 0 Å². The van der Waals surface area contributed by atoms with Crippen LogP contribution in [0.25, 0.3) is 0 Å². The first-order valence-electron chi connectivity index (χ1n) is 8.13. The summed E-state index contributed by atoms with van der Waals surface area (Å²) in [5.41, 5.74) is 8.43. The molecule has 4 nitrogen and oxygen atoms in total. The van der Waals surface area contributed by atoms with Crippen LogP contribution >= 0.6 is 0 Å². The number of fused-ring (bicyclic) bond motifs is 1. The lowest BCUT2D eigenvalue weighted by Gasteiger charge is -2.26. The van der Waals surface area contributed by atoms with Crippen LogP contribution in [-0.4, -0.2) is 12.5 Å². The topological polar surface area (TPSA) is 64.4 Å². The Balaban J connectivity index is 1.64. The molecule has 0 heterocycles. The normalized spacial score (nSPS) is 16.5. The predicted molar refractivity (Wildman–Crippen MR) is 90.1 cm³/mol. The second kappa shape index (κ2) is 7.45. The maximum Gasteiger partial charge on any atom is 0.255 e. The lowest BCUT2D eigenvalue weighted by atomic mass is 9.87. The molecular formula is C19H21FN2O2. The molecule has 0 unspecified atom stereocenters. The number of nitrogens with two attached hydrogens (primary N) is 1. The molecule has 1 aliphatic carbocycles. The molecule has 0 aromatic heterocycles. The van der Waals surface area contributed by atoms with Gasteiger partial charge in [-0.2, -0.15) is 0 Å². The fourth-order valence-electron chi connectivity index (χ4n) is 3.14. The van der Waals surface area contributed by atoms with Gasteiger partial charge in [0.1, 0.15) is 11.6 Å². The number of carbonyl (C=O) groups excluding carboxylic acids is 1. The third-order valence-electron chi connectivity index (χ3n) is 4.25. The van der Waals surface area contributed by atoms with Crippen LogP contribution in [0.15, 0.2) is 42.5 Å². The Bertz CT molecular complexity index is 733. The molecular weight excluding hydrogens is 307 g/mol. The van der Waals surface area contributed by atoms with E-state index in [0.717, 1.165) is 30.4 Å². The van der Waals surface area contributed by atoms with Crippen LogP contribution in [0.4, 0.5) is 4.39 Å². The van der Waals surface area contributed by atoms with Crippen LogP contribution in [-0.2, 0) is 17.8 Å². The minimum Gasteiger partial charge on any atom is -0.484 e. The predicted octanol–water partition coefficient (Wildman–Crippen LogP) is 2.86. The Labute approximate surface area is 140 Å². The van der Waals surface area contributed by atoms with E-state index in [4.69, 9.17) is 10.5 Å². The van der Waals surface area contributed by atoms with E-state index in [0.29, 0.717) is 12.3 Å². The number of halogens is 1. The number of amides is 1. The second-order valence-electron chi connectivity index (χ2n) is 6.07. The molecule has 2 aromatic carbocycles. The summed E-state index contributed by atoms with van der Waals surface area (Å²) in [6, 6.07) is 12.8. The molecule has 0 saturated carbocycles. The maximum atomic E-state index is 13.4. The van der Waals surface area contributed by atoms with Crippen LogP contribution in [0.3, 0.4) is 0 Å². The Morgan fingerprint density at radius 1 is 1.29 bits per heavy atom. The number of carbonyl (C=O) groups is 1. The van der Waals surface area contributed by atoms with Crippen molar-refractivity contribution in [3.63, 3.8) is 0 Å². The number of benzene rings is 2. The summed E-state index contributed by atoms with van der Waals surface area (Å²) in [7, 11) is 0. The van der Waals surface area contributed by atoms with Crippen molar-refractivity contribution in [2.75, 3.05) is 6.61 Å².